The third kappa shape index (κ3) is 1.55. The Morgan fingerprint density at radius 1 is 1.14 bits per heavy atom. The molecule has 3 saturated carbocycles. The van der Waals surface area contributed by atoms with E-state index in [4.69, 9.17) is 0 Å². The van der Waals surface area contributed by atoms with E-state index < -0.39 is 0 Å². The topological polar surface area (TPSA) is 29.1 Å². The van der Waals surface area contributed by atoms with Gasteiger partial charge in [0.1, 0.15) is 0 Å². The van der Waals surface area contributed by atoms with Crippen LogP contribution in [0, 0.1) is 5.41 Å². The van der Waals surface area contributed by atoms with Crippen molar-refractivity contribution < 1.29 is 4.79 Å². The summed E-state index contributed by atoms with van der Waals surface area (Å²) in [6.07, 6.45) is 8.92. The van der Waals surface area contributed by atoms with Crippen molar-refractivity contribution in [3.63, 3.8) is 0 Å². The van der Waals surface area contributed by atoms with Crippen LogP contribution in [0.15, 0.2) is 0 Å². The van der Waals surface area contributed by atoms with E-state index in [1.165, 1.54) is 44.9 Å². The van der Waals surface area contributed by atoms with Gasteiger partial charge in [-0.25, -0.2) is 0 Å². The zero-order chi connectivity index (χ0) is 10.2. The van der Waals surface area contributed by atoms with E-state index in [2.05, 4.69) is 12.2 Å². The molecule has 2 heteroatoms. The third-order valence-corrected chi connectivity index (χ3v) is 4.59. The summed E-state index contributed by atoms with van der Waals surface area (Å²) in [5.74, 6) is 0.149. The molecule has 1 N–H and O–H groups in total. The normalized spacial score (nSPS) is 41.0. The highest BCUT2D eigenvalue weighted by atomic mass is 16.1. The van der Waals surface area contributed by atoms with Crippen molar-refractivity contribution in [1.82, 2.24) is 5.32 Å². The predicted molar refractivity (Wildman–Crippen MR) is 57.0 cm³/mol. The Labute approximate surface area is 86.5 Å². The molecule has 3 aliphatic rings. The number of hydrogen-bond donors (Lipinski definition) is 1. The van der Waals surface area contributed by atoms with Crippen LogP contribution in [0.4, 0.5) is 0 Å². The molecule has 0 radical (unpaired) electrons. The Morgan fingerprint density at radius 2 is 1.64 bits per heavy atom. The average molecular weight is 195 g/mol. The van der Waals surface area contributed by atoms with E-state index >= 15 is 0 Å². The van der Waals surface area contributed by atoms with Gasteiger partial charge in [-0.1, -0.05) is 13.3 Å². The predicted octanol–water partition coefficient (Wildman–Crippen LogP) is 2.63. The van der Waals surface area contributed by atoms with Crippen molar-refractivity contribution in [3.8, 4) is 0 Å². The molecule has 0 aromatic rings. The molecule has 0 unspecified atom stereocenters. The molecular formula is C12H21NO. The first-order valence-electron chi connectivity index (χ1n) is 5.89. The van der Waals surface area contributed by atoms with Gasteiger partial charge < -0.3 is 5.32 Å². The lowest BCUT2D eigenvalue weighted by molar-refractivity contribution is -0.123. The lowest BCUT2D eigenvalue weighted by Crippen LogP contribution is -2.56. The fraction of sp³-hybridized carbons (Fsp3) is 0.917. The fourth-order valence-corrected chi connectivity index (χ4v) is 3.35. The molecule has 0 spiro atoms. The number of rotatable bonds is 2. The Bertz CT molecular complexity index is 222. The maximum absolute atomic E-state index is 11.1. The number of hydrogen-bond acceptors (Lipinski definition) is 1. The molecule has 0 aromatic carbocycles. The number of fused-ring (bicyclic) bond motifs is 3. The largest absolute Gasteiger partial charge is 0.351 e. The number of amides is 1. The van der Waals surface area contributed by atoms with Crippen LogP contribution in [0.1, 0.15) is 58.8 Å². The number of carbonyl (C=O) groups is 1. The molecule has 1 amide bonds. The summed E-state index contributed by atoms with van der Waals surface area (Å²) in [5, 5.41) is 3.19. The van der Waals surface area contributed by atoms with E-state index in [0.29, 0.717) is 5.41 Å². The van der Waals surface area contributed by atoms with Crippen molar-refractivity contribution in [3.05, 3.63) is 0 Å². The molecule has 14 heavy (non-hydrogen) atoms. The van der Waals surface area contributed by atoms with E-state index in [9.17, 15) is 4.79 Å². The second kappa shape index (κ2) is 3.25. The van der Waals surface area contributed by atoms with Gasteiger partial charge in [-0.3, -0.25) is 4.79 Å². The molecule has 0 atom stereocenters. The Hall–Kier alpha value is -0.530. The van der Waals surface area contributed by atoms with Crippen LogP contribution in [0.3, 0.4) is 0 Å². The fourth-order valence-electron chi connectivity index (χ4n) is 3.35. The molecule has 0 saturated heterocycles. The van der Waals surface area contributed by atoms with Gasteiger partial charge in [0, 0.05) is 12.5 Å². The van der Waals surface area contributed by atoms with Crippen molar-refractivity contribution in [2.24, 2.45) is 5.41 Å². The first-order chi connectivity index (χ1) is 6.60. The van der Waals surface area contributed by atoms with Gasteiger partial charge in [0.15, 0.2) is 0 Å². The molecule has 3 rings (SSSR count). The molecule has 2 bridgehead atoms. The van der Waals surface area contributed by atoms with Crippen molar-refractivity contribution in [2.75, 3.05) is 0 Å². The Morgan fingerprint density at radius 3 is 2.00 bits per heavy atom. The maximum atomic E-state index is 11.1. The SMILES string of the molecule is CCC12CCC(NC(C)=O)(CC1)CC2. The first-order valence-corrected chi connectivity index (χ1v) is 5.89. The Balaban J connectivity index is 2.05. The highest BCUT2D eigenvalue weighted by Crippen LogP contribution is 2.53. The maximum Gasteiger partial charge on any atom is 0.217 e. The molecule has 2 nitrogen and oxygen atoms in total. The van der Waals surface area contributed by atoms with Gasteiger partial charge in [0.05, 0.1) is 0 Å². The van der Waals surface area contributed by atoms with Crippen LogP contribution in [0.5, 0.6) is 0 Å². The second-order valence-corrected chi connectivity index (χ2v) is 5.32. The van der Waals surface area contributed by atoms with Crippen molar-refractivity contribution in [1.29, 1.82) is 0 Å². The smallest absolute Gasteiger partial charge is 0.217 e. The summed E-state index contributed by atoms with van der Waals surface area (Å²) in [4.78, 5) is 11.1. The van der Waals surface area contributed by atoms with Gasteiger partial charge >= 0.3 is 0 Å². The van der Waals surface area contributed by atoms with Crippen LogP contribution in [-0.2, 0) is 4.79 Å². The van der Waals surface area contributed by atoms with Gasteiger partial charge in [0.2, 0.25) is 5.91 Å². The summed E-state index contributed by atoms with van der Waals surface area (Å²) in [7, 11) is 0. The molecule has 3 aliphatic carbocycles. The highest BCUT2D eigenvalue weighted by molar-refractivity contribution is 5.73. The lowest BCUT2D eigenvalue weighted by atomic mass is 9.56. The number of nitrogens with one attached hydrogen (secondary N) is 1. The van der Waals surface area contributed by atoms with Crippen LogP contribution in [-0.4, -0.2) is 11.4 Å². The average Bonchev–Trinajstić information content (AvgIpc) is 2.19. The summed E-state index contributed by atoms with van der Waals surface area (Å²) in [6.45, 7) is 3.96. The monoisotopic (exact) mass is 195 g/mol. The van der Waals surface area contributed by atoms with Crippen molar-refractivity contribution >= 4 is 5.91 Å². The molecule has 0 aliphatic heterocycles. The minimum atomic E-state index is 0.149. The quantitative estimate of drug-likeness (QED) is 0.721. The van der Waals surface area contributed by atoms with Gasteiger partial charge in [-0.2, -0.15) is 0 Å². The standard InChI is InChI=1S/C12H21NO/c1-3-11-4-7-12(8-5-11,9-6-11)13-10(2)14/h3-9H2,1-2H3,(H,13,14). The van der Waals surface area contributed by atoms with E-state index in [1.807, 2.05) is 0 Å². The molecule has 80 valence electrons. The minimum Gasteiger partial charge on any atom is -0.351 e. The van der Waals surface area contributed by atoms with E-state index in [0.717, 1.165) is 0 Å². The highest BCUT2D eigenvalue weighted by Gasteiger charge is 2.47. The minimum absolute atomic E-state index is 0.149. The second-order valence-electron chi connectivity index (χ2n) is 5.32. The molecule has 0 heterocycles. The van der Waals surface area contributed by atoms with Gasteiger partial charge in [-0.05, 0) is 43.9 Å². The van der Waals surface area contributed by atoms with E-state index in [1.54, 1.807) is 6.92 Å². The van der Waals surface area contributed by atoms with Crippen LogP contribution in [0.2, 0.25) is 0 Å². The third-order valence-electron chi connectivity index (χ3n) is 4.59. The summed E-state index contributed by atoms with van der Waals surface area (Å²) in [5.41, 5.74) is 0.822. The first kappa shape index (κ1) is 10.0. The summed E-state index contributed by atoms with van der Waals surface area (Å²) in [6, 6.07) is 0. The Kier molecular flexibility index (Phi) is 2.32. The lowest BCUT2D eigenvalue weighted by Gasteiger charge is -2.53. The number of carbonyl (C=O) groups excluding carboxylic acids is 1. The van der Waals surface area contributed by atoms with Crippen LogP contribution < -0.4 is 5.32 Å². The van der Waals surface area contributed by atoms with Gasteiger partial charge in [0.25, 0.3) is 0 Å². The van der Waals surface area contributed by atoms with Crippen LogP contribution >= 0.6 is 0 Å². The molecule has 0 aromatic heterocycles. The zero-order valence-electron chi connectivity index (χ0n) is 9.36. The molecular weight excluding hydrogens is 174 g/mol. The van der Waals surface area contributed by atoms with Crippen LogP contribution in [0.25, 0.3) is 0 Å². The van der Waals surface area contributed by atoms with Crippen molar-refractivity contribution in [2.45, 2.75) is 64.3 Å². The summed E-state index contributed by atoms with van der Waals surface area (Å²) < 4.78 is 0. The zero-order valence-corrected chi connectivity index (χ0v) is 9.36. The van der Waals surface area contributed by atoms with E-state index in [-0.39, 0.29) is 11.4 Å². The molecule has 3 fully saturated rings. The summed E-state index contributed by atoms with van der Waals surface area (Å²) >= 11 is 0. The van der Waals surface area contributed by atoms with Gasteiger partial charge in [-0.15, -0.1) is 0 Å².